The normalized spacial score (nSPS) is 16.6. The van der Waals surface area contributed by atoms with Crippen LogP contribution in [0.15, 0.2) is 25.0 Å². The van der Waals surface area contributed by atoms with Gasteiger partial charge in [0.05, 0.1) is 25.7 Å². The van der Waals surface area contributed by atoms with E-state index in [-0.39, 0.29) is 31.2 Å². The molecule has 3 rings (SSSR count). The fourth-order valence-electron chi connectivity index (χ4n) is 5.15. The van der Waals surface area contributed by atoms with Gasteiger partial charge in [0, 0.05) is 43.2 Å². The average molecular weight is 672 g/mol. The molecule has 18 nitrogen and oxygen atoms in total. The molecule has 18 heteroatoms. The number of nitrogens with one attached hydrogen (secondary N) is 7. The van der Waals surface area contributed by atoms with Crippen LogP contribution in [0, 0.1) is 5.92 Å². The molecule has 1 aliphatic heterocycles. The molecular formula is C30H45N11O7. The van der Waals surface area contributed by atoms with Crippen molar-refractivity contribution in [3.05, 3.63) is 36.4 Å². The maximum Gasteiger partial charge on any atom is 0.243 e. The number of carbonyl (C=O) groups is 7. The number of rotatable bonds is 18. The third kappa shape index (κ3) is 11.2. The van der Waals surface area contributed by atoms with Crippen LogP contribution in [0.2, 0.25) is 0 Å². The van der Waals surface area contributed by atoms with E-state index in [0.717, 1.165) is 5.69 Å². The molecule has 1 saturated heterocycles. The van der Waals surface area contributed by atoms with E-state index >= 15 is 0 Å². The Morgan fingerprint density at radius 1 is 0.917 bits per heavy atom. The minimum absolute atomic E-state index is 0.0314. The third-order valence-corrected chi connectivity index (χ3v) is 8.07. The lowest BCUT2D eigenvalue weighted by Gasteiger charge is -2.27. The SMILES string of the molecule is CC[C@H](C)[C@H](NC(=O)CNC(=O)[C@H](C)NC(=O)[C@H](Cc1cnc[nH]1)NC(=O)[C@@H]1CCCN1C(=O)CCc1cnc[nH]1)C(=O)NCC(N)=O. The number of nitrogens with zero attached hydrogens (tertiary/aromatic N) is 3. The number of carbonyl (C=O) groups excluding carboxylic acids is 7. The highest BCUT2D eigenvalue weighted by atomic mass is 16.2. The summed E-state index contributed by atoms with van der Waals surface area (Å²) in [7, 11) is 0. The Kier molecular flexibility index (Phi) is 14.1. The van der Waals surface area contributed by atoms with Crippen molar-refractivity contribution in [2.75, 3.05) is 19.6 Å². The summed E-state index contributed by atoms with van der Waals surface area (Å²) in [6.07, 6.45) is 8.37. The molecule has 0 spiro atoms. The first-order chi connectivity index (χ1) is 22.9. The zero-order valence-corrected chi connectivity index (χ0v) is 27.3. The van der Waals surface area contributed by atoms with E-state index in [1.54, 1.807) is 13.1 Å². The minimum Gasteiger partial charge on any atom is -0.368 e. The molecule has 1 fully saturated rings. The molecule has 48 heavy (non-hydrogen) atoms. The molecule has 0 bridgehead atoms. The summed E-state index contributed by atoms with van der Waals surface area (Å²) in [5.41, 5.74) is 6.44. The number of H-pyrrole nitrogens is 2. The molecule has 0 saturated carbocycles. The number of amides is 7. The molecule has 3 heterocycles. The van der Waals surface area contributed by atoms with E-state index in [4.69, 9.17) is 5.73 Å². The highest BCUT2D eigenvalue weighted by molar-refractivity contribution is 5.96. The molecule has 0 radical (unpaired) electrons. The number of imidazole rings is 2. The van der Waals surface area contributed by atoms with Crippen LogP contribution in [0.25, 0.3) is 0 Å². The van der Waals surface area contributed by atoms with Gasteiger partial charge in [0.25, 0.3) is 0 Å². The van der Waals surface area contributed by atoms with Crippen molar-refractivity contribution in [1.82, 2.24) is 51.4 Å². The van der Waals surface area contributed by atoms with Crippen LogP contribution in [-0.2, 0) is 46.4 Å². The second-order valence-electron chi connectivity index (χ2n) is 11.7. The van der Waals surface area contributed by atoms with Crippen molar-refractivity contribution < 1.29 is 33.6 Å². The lowest BCUT2D eigenvalue weighted by atomic mass is 9.98. The van der Waals surface area contributed by atoms with Crippen LogP contribution in [0.5, 0.6) is 0 Å². The maximum atomic E-state index is 13.4. The minimum atomic E-state index is -1.12. The molecule has 2 aromatic heterocycles. The zero-order chi connectivity index (χ0) is 35.2. The molecule has 0 unspecified atom stereocenters. The summed E-state index contributed by atoms with van der Waals surface area (Å²) < 4.78 is 0. The standard InChI is InChI=1S/C30H45N11O7/c1-4-17(2)26(30(48)34-13-23(31)42)40-24(43)14-35-27(45)18(3)38-28(46)21(10-20-12-33-16-37-20)39-29(47)22-6-5-9-41(22)25(44)8-7-19-11-32-15-36-19/h11-12,15-18,21-22,26H,4-10,13-14H2,1-3H3,(H2,31,42)(H,32,36)(H,33,37)(H,34,48)(H,35,45)(H,38,46)(H,39,47)(H,40,43)/t17-,18-,21-,22-,26-/m0/s1. The van der Waals surface area contributed by atoms with Crippen LogP contribution in [-0.4, -0.2) is 110 Å². The van der Waals surface area contributed by atoms with Crippen molar-refractivity contribution >= 4 is 41.4 Å². The van der Waals surface area contributed by atoms with Gasteiger partial charge in [-0.1, -0.05) is 20.3 Å². The van der Waals surface area contributed by atoms with E-state index in [9.17, 15) is 33.6 Å². The predicted octanol–water partition coefficient (Wildman–Crippen LogP) is -2.46. The van der Waals surface area contributed by atoms with Gasteiger partial charge in [-0.3, -0.25) is 33.6 Å². The number of hydrogen-bond donors (Lipinski definition) is 8. The van der Waals surface area contributed by atoms with Crippen molar-refractivity contribution in [1.29, 1.82) is 0 Å². The Morgan fingerprint density at radius 3 is 2.21 bits per heavy atom. The molecular weight excluding hydrogens is 626 g/mol. The average Bonchev–Trinajstić information content (AvgIpc) is 3.86. The van der Waals surface area contributed by atoms with E-state index < -0.39 is 66.2 Å². The number of aromatic nitrogens is 4. The highest BCUT2D eigenvalue weighted by Crippen LogP contribution is 2.19. The van der Waals surface area contributed by atoms with Crippen molar-refractivity contribution in [2.24, 2.45) is 11.7 Å². The van der Waals surface area contributed by atoms with Gasteiger partial charge in [-0.05, 0) is 32.1 Å². The fraction of sp³-hybridized carbons (Fsp3) is 0.567. The fourth-order valence-corrected chi connectivity index (χ4v) is 5.15. The van der Waals surface area contributed by atoms with Gasteiger partial charge in [-0.2, -0.15) is 0 Å². The Morgan fingerprint density at radius 2 is 1.58 bits per heavy atom. The van der Waals surface area contributed by atoms with Crippen LogP contribution in [0.3, 0.4) is 0 Å². The summed E-state index contributed by atoms with van der Waals surface area (Å²) in [6.45, 7) is 4.52. The van der Waals surface area contributed by atoms with E-state index in [1.807, 2.05) is 6.92 Å². The maximum absolute atomic E-state index is 13.4. The van der Waals surface area contributed by atoms with E-state index in [1.165, 1.54) is 30.7 Å². The van der Waals surface area contributed by atoms with Gasteiger partial charge in [-0.25, -0.2) is 9.97 Å². The van der Waals surface area contributed by atoms with Crippen LogP contribution >= 0.6 is 0 Å². The number of aromatic amines is 2. The number of aryl methyl sites for hydroxylation is 1. The molecule has 9 N–H and O–H groups in total. The summed E-state index contributed by atoms with van der Waals surface area (Å²) >= 11 is 0. The number of likely N-dealkylation sites (tertiary alicyclic amines) is 1. The first kappa shape index (κ1) is 37.2. The van der Waals surface area contributed by atoms with Crippen molar-refractivity contribution in [3.63, 3.8) is 0 Å². The molecule has 5 atom stereocenters. The summed E-state index contributed by atoms with van der Waals surface area (Å²) in [4.78, 5) is 104. The lowest BCUT2D eigenvalue weighted by Crippen LogP contribution is -2.57. The predicted molar refractivity (Wildman–Crippen MR) is 170 cm³/mol. The summed E-state index contributed by atoms with van der Waals surface area (Å²) in [5, 5.41) is 12.6. The van der Waals surface area contributed by atoms with Crippen LogP contribution in [0.4, 0.5) is 0 Å². The van der Waals surface area contributed by atoms with Crippen LogP contribution < -0.4 is 32.3 Å². The summed E-state index contributed by atoms with van der Waals surface area (Å²) in [6, 6.07) is -3.95. The third-order valence-electron chi connectivity index (χ3n) is 8.07. The molecule has 0 aromatic carbocycles. The first-order valence-corrected chi connectivity index (χ1v) is 15.9. The second kappa shape index (κ2) is 18.2. The monoisotopic (exact) mass is 671 g/mol. The molecule has 7 amide bonds. The van der Waals surface area contributed by atoms with E-state index in [0.29, 0.717) is 37.9 Å². The number of hydrogen-bond acceptors (Lipinski definition) is 9. The van der Waals surface area contributed by atoms with Gasteiger partial charge in [0.15, 0.2) is 0 Å². The quantitative estimate of drug-likeness (QED) is 0.0834. The highest BCUT2D eigenvalue weighted by Gasteiger charge is 2.36. The number of nitrogens with two attached hydrogens (primary N) is 1. The molecule has 2 aromatic rings. The Bertz CT molecular complexity index is 1410. The largest absolute Gasteiger partial charge is 0.368 e. The van der Waals surface area contributed by atoms with Gasteiger partial charge >= 0.3 is 0 Å². The van der Waals surface area contributed by atoms with E-state index in [2.05, 4.69) is 46.5 Å². The Balaban J connectivity index is 1.57. The van der Waals surface area contributed by atoms with Crippen LogP contribution in [0.1, 0.15) is 57.8 Å². The second-order valence-corrected chi connectivity index (χ2v) is 11.7. The molecule has 0 aliphatic carbocycles. The van der Waals surface area contributed by atoms with Gasteiger partial charge in [0.1, 0.15) is 24.2 Å². The number of primary amides is 1. The van der Waals surface area contributed by atoms with Crippen molar-refractivity contribution in [3.8, 4) is 0 Å². The zero-order valence-electron chi connectivity index (χ0n) is 27.3. The smallest absolute Gasteiger partial charge is 0.243 e. The van der Waals surface area contributed by atoms with Crippen molar-refractivity contribution in [2.45, 2.75) is 83.5 Å². The van der Waals surface area contributed by atoms with Gasteiger partial charge < -0.3 is 47.2 Å². The molecule has 1 aliphatic rings. The first-order valence-electron chi connectivity index (χ1n) is 15.9. The Hall–Kier alpha value is -5.29. The van der Waals surface area contributed by atoms with Gasteiger partial charge in [-0.15, -0.1) is 0 Å². The topological polar surface area (TPSA) is 266 Å². The lowest BCUT2D eigenvalue weighted by molar-refractivity contribution is -0.139. The molecule has 262 valence electrons. The Labute approximate surface area is 277 Å². The summed E-state index contributed by atoms with van der Waals surface area (Å²) in [5.74, 6) is -4.30. The van der Waals surface area contributed by atoms with Gasteiger partial charge in [0.2, 0.25) is 41.4 Å².